The van der Waals surface area contributed by atoms with Gasteiger partial charge in [-0.25, -0.2) is 0 Å². The van der Waals surface area contributed by atoms with Crippen molar-refractivity contribution in [3.63, 3.8) is 0 Å². The second-order valence-electron chi connectivity index (χ2n) is 5.39. The maximum atomic E-state index is 12.1. The number of nitrogen functional groups attached to an aromatic ring is 1. The van der Waals surface area contributed by atoms with Gasteiger partial charge in [0.05, 0.1) is 12.1 Å². The monoisotopic (exact) mass is 328 g/mol. The third-order valence-electron chi connectivity index (χ3n) is 3.78. The first-order valence-corrected chi connectivity index (χ1v) is 7.70. The van der Waals surface area contributed by atoms with Gasteiger partial charge < -0.3 is 15.0 Å². The van der Waals surface area contributed by atoms with Crippen LogP contribution in [0.4, 0.5) is 5.69 Å². The molecule has 4 nitrogen and oxygen atoms in total. The van der Waals surface area contributed by atoms with Crippen LogP contribution in [0, 0.1) is 6.92 Å². The van der Waals surface area contributed by atoms with Gasteiger partial charge >= 0.3 is 0 Å². The maximum Gasteiger partial charge on any atom is 0.251 e. The first kappa shape index (κ1) is 15.4. The summed E-state index contributed by atoms with van der Waals surface area (Å²) in [5.41, 5.74) is 8.29. The molecule has 0 saturated carbocycles. The highest BCUT2D eigenvalue weighted by atomic mass is 35.5. The highest BCUT2D eigenvalue weighted by molar-refractivity contribution is 6.31. The number of nitrogens with two attached hydrogens (primary N) is 1. The molecule has 0 amide bonds. The zero-order chi connectivity index (χ0) is 16.4. The zero-order valence-electron chi connectivity index (χ0n) is 12.8. The average molecular weight is 329 g/mol. The van der Waals surface area contributed by atoms with Gasteiger partial charge in [0.15, 0.2) is 0 Å². The van der Waals surface area contributed by atoms with E-state index in [1.165, 1.54) is 0 Å². The number of aryl methyl sites for hydroxylation is 1. The van der Waals surface area contributed by atoms with Gasteiger partial charge in [0.25, 0.3) is 5.56 Å². The lowest BCUT2D eigenvalue weighted by Crippen LogP contribution is -2.22. The van der Waals surface area contributed by atoms with Crippen LogP contribution in [0.15, 0.2) is 53.3 Å². The molecule has 3 rings (SSSR count). The van der Waals surface area contributed by atoms with E-state index in [4.69, 9.17) is 22.1 Å². The number of hydrogen-bond acceptors (Lipinski definition) is 3. The fraction of sp³-hybridized carbons (Fsp3) is 0.167. The van der Waals surface area contributed by atoms with Crippen molar-refractivity contribution in [2.45, 2.75) is 13.5 Å². The maximum absolute atomic E-state index is 12.1. The minimum Gasteiger partial charge on any atom is -0.492 e. The van der Waals surface area contributed by atoms with Crippen molar-refractivity contribution in [3.05, 3.63) is 69.5 Å². The van der Waals surface area contributed by atoms with Crippen LogP contribution < -0.4 is 16.0 Å². The topological polar surface area (TPSA) is 57.2 Å². The Balaban J connectivity index is 1.80. The van der Waals surface area contributed by atoms with E-state index < -0.39 is 0 Å². The van der Waals surface area contributed by atoms with E-state index in [1.807, 2.05) is 37.3 Å². The predicted octanol–water partition coefficient (Wildman–Crippen LogP) is 3.62. The van der Waals surface area contributed by atoms with E-state index in [-0.39, 0.29) is 5.56 Å². The summed E-state index contributed by atoms with van der Waals surface area (Å²) in [6, 6.07) is 14.3. The first-order chi connectivity index (χ1) is 11.0. The molecule has 0 aliphatic rings. The number of pyridine rings is 1. The first-order valence-electron chi connectivity index (χ1n) is 7.32. The van der Waals surface area contributed by atoms with Crippen LogP contribution in [0.1, 0.15) is 5.56 Å². The molecule has 0 unspecified atom stereocenters. The fourth-order valence-electron chi connectivity index (χ4n) is 2.50. The van der Waals surface area contributed by atoms with E-state index in [0.717, 1.165) is 27.9 Å². The van der Waals surface area contributed by atoms with Gasteiger partial charge in [-0.1, -0.05) is 11.6 Å². The molecule has 118 valence electrons. The minimum atomic E-state index is -0.0584. The fourth-order valence-corrected chi connectivity index (χ4v) is 2.68. The van der Waals surface area contributed by atoms with Crippen LogP contribution in [-0.2, 0) is 6.54 Å². The van der Waals surface area contributed by atoms with Gasteiger partial charge in [-0.05, 0) is 60.3 Å². The molecule has 0 fully saturated rings. The van der Waals surface area contributed by atoms with E-state index in [0.29, 0.717) is 18.2 Å². The van der Waals surface area contributed by atoms with Gasteiger partial charge in [-0.2, -0.15) is 0 Å². The molecule has 2 aromatic carbocycles. The van der Waals surface area contributed by atoms with Gasteiger partial charge in [0.1, 0.15) is 12.4 Å². The Kier molecular flexibility index (Phi) is 4.26. The molecule has 3 aromatic rings. The highest BCUT2D eigenvalue weighted by Crippen LogP contribution is 2.20. The van der Waals surface area contributed by atoms with Gasteiger partial charge in [-0.3, -0.25) is 4.79 Å². The van der Waals surface area contributed by atoms with Crippen LogP contribution in [0.25, 0.3) is 10.9 Å². The summed E-state index contributed by atoms with van der Waals surface area (Å²) in [6.45, 7) is 2.79. The van der Waals surface area contributed by atoms with E-state index in [9.17, 15) is 4.79 Å². The minimum absolute atomic E-state index is 0.0584. The molecular weight excluding hydrogens is 312 g/mol. The smallest absolute Gasteiger partial charge is 0.251 e. The molecule has 0 aliphatic carbocycles. The number of nitrogens with zero attached hydrogens (tertiary/aromatic N) is 1. The molecule has 1 aromatic heterocycles. The van der Waals surface area contributed by atoms with E-state index in [1.54, 1.807) is 22.8 Å². The quantitative estimate of drug-likeness (QED) is 0.744. The molecule has 0 atom stereocenters. The molecule has 5 heteroatoms. The van der Waals surface area contributed by atoms with Crippen molar-refractivity contribution in [2.75, 3.05) is 12.3 Å². The molecule has 0 spiro atoms. The molecule has 0 aliphatic heterocycles. The Morgan fingerprint density at radius 1 is 1.13 bits per heavy atom. The lowest BCUT2D eigenvalue weighted by atomic mass is 10.2. The van der Waals surface area contributed by atoms with Crippen LogP contribution in [0.2, 0.25) is 5.02 Å². The largest absolute Gasteiger partial charge is 0.492 e. The standard InChI is InChI=1S/C18H17ClN2O2/c1-12-10-15(4-5-16(12)20)23-9-8-21-17-6-3-14(19)11-13(17)2-7-18(21)22/h2-7,10-11H,8-9,20H2,1H3. The predicted molar refractivity (Wildman–Crippen MR) is 94.3 cm³/mol. The van der Waals surface area contributed by atoms with Crippen molar-refractivity contribution in [3.8, 4) is 5.75 Å². The van der Waals surface area contributed by atoms with Crippen molar-refractivity contribution < 1.29 is 4.74 Å². The summed E-state index contributed by atoms with van der Waals surface area (Å²) in [5.74, 6) is 0.744. The molecule has 0 saturated heterocycles. The summed E-state index contributed by atoms with van der Waals surface area (Å²) >= 11 is 6.00. The Morgan fingerprint density at radius 2 is 1.96 bits per heavy atom. The second-order valence-corrected chi connectivity index (χ2v) is 5.83. The lowest BCUT2D eigenvalue weighted by molar-refractivity contribution is 0.298. The Morgan fingerprint density at radius 3 is 2.74 bits per heavy atom. The van der Waals surface area contributed by atoms with Crippen LogP contribution in [-0.4, -0.2) is 11.2 Å². The number of hydrogen-bond donors (Lipinski definition) is 1. The highest BCUT2D eigenvalue weighted by Gasteiger charge is 2.04. The number of benzene rings is 2. The number of halogens is 1. The van der Waals surface area contributed by atoms with Gasteiger partial charge in [-0.15, -0.1) is 0 Å². The van der Waals surface area contributed by atoms with E-state index >= 15 is 0 Å². The molecule has 23 heavy (non-hydrogen) atoms. The molecule has 2 N–H and O–H groups in total. The number of ether oxygens (including phenoxy) is 1. The summed E-state index contributed by atoms with van der Waals surface area (Å²) < 4.78 is 7.42. The summed E-state index contributed by atoms with van der Waals surface area (Å²) in [5, 5.41) is 1.58. The number of fused-ring (bicyclic) bond motifs is 1. The molecular formula is C18H17ClN2O2. The molecule has 0 radical (unpaired) electrons. The average Bonchev–Trinajstić information content (AvgIpc) is 2.53. The second kappa shape index (κ2) is 6.34. The van der Waals surface area contributed by atoms with Crippen molar-refractivity contribution in [2.24, 2.45) is 0 Å². The molecule has 0 bridgehead atoms. The third-order valence-corrected chi connectivity index (χ3v) is 4.01. The van der Waals surface area contributed by atoms with Gasteiger partial charge in [0.2, 0.25) is 0 Å². The van der Waals surface area contributed by atoms with Crippen LogP contribution in [0.5, 0.6) is 5.75 Å². The SMILES string of the molecule is Cc1cc(OCCn2c(=O)ccc3cc(Cl)ccc32)ccc1N. The number of aromatic nitrogens is 1. The third kappa shape index (κ3) is 3.32. The zero-order valence-corrected chi connectivity index (χ0v) is 13.5. The Bertz CT molecular complexity index is 919. The summed E-state index contributed by atoms with van der Waals surface area (Å²) in [4.78, 5) is 12.1. The van der Waals surface area contributed by atoms with Crippen LogP contribution >= 0.6 is 11.6 Å². The number of rotatable bonds is 4. The Hall–Kier alpha value is -2.46. The van der Waals surface area contributed by atoms with Crippen molar-refractivity contribution in [1.82, 2.24) is 4.57 Å². The summed E-state index contributed by atoms with van der Waals surface area (Å²) in [6.07, 6.45) is 0. The van der Waals surface area contributed by atoms with Crippen molar-refractivity contribution in [1.29, 1.82) is 0 Å². The number of anilines is 1. The normalized spacial score (nSPS) is 10.9. The van der Waals surface area contributed by atoms with Crippen molar-refractivity contribution >= 4 is 28.2 Å². The lowest BCUT2D eigenvalue weighted by Gasteiger charge is -2.12. The Labute approximate surface area is 139 Å². The van der Waals surface area contributed by atoms with E-state index in [2.05, 4.69) is 0 Å². The van der Waals surface area contributed by atoms with Crippen LogP contribution in [0.3, 0.4) is 0 Å². The van der Waals surface area contributed by atoms with Gasteiger partial charge in [0, 0.05) is 16.8 Å². The summed E-state index contributed by atoms with van der Waals surface area (Å²) in [7, 11) is 0. The molecule has 1 heterocycles.